The van der Waals surface area contributed by atoms with Gasteiger partial charge in [-0.05, 0) is 50.7 Å². The maximum absolute atomic E-state index is 12.5. The molecule has 8 nitrogen and oxygen atoms in total. The smallest absolute Gasteiger partial charge is 0.331 e. The zero-order valence-electron chi connectivity index (χ0n) is 24.5. The topological polar surface area (TPSA) is 122 Å². The quantitative estimate of drug-likeness (QED) is 0.365. The highest BCUT2D eigenvalue weighted by atomic mass is 16.5. The minimum atomic E-state index is -1.07. The summed E-state index contributed by atoms with van der Waals surface area (Å²) in [6, 6.07) is 19.0. The molecular weight excluding hydrogens is 520 g/mol. The number of amides is 2. The maximum Gasteiger partial charge on any atom is 0.331 e. The third kappa shape index (κ3) is 8.18. The molecule has 2 aliphatic carbocycles. The van der Waals surface area contributed by atoms with E-state index in [1.807, 2.05) is 74.5 Å². The lowest BCUT2D eigenvalue weighted by Gasteiger charge is -2.36. The van der Waals surface area contributed by atoms with Crippen molar-refractivity contribution in [3.05, 3.63) is 71.8 Å². The van der Waals surface area contributed by atoms with Crippen LogP contribution < -0.4 is 10.6 Å². The molecule has 222 valence electrons. The third-order valence-electron chi connectivity index (χ3n) is 8.51. The van der Waals surface area contributed by atoms with Crippen molar-refractivity contribution in [1.29, 1.82) is 0 Å². The minimum absolute atomic E-state index is 0.117. The molecule has 2 amide bonds. The molecule has 3 N–H and O–H groups in total. The summed E-state index contributed by atoms with van der Waals surface area (Å²) in [4.78, 5) is 48.6. The van der Waals surface area contributed by atoms with Crippen LogP contribution in [-0.2, 0) is 23.9 Å². The van der Waals surface area contributed by atoms with Crippen LogP contribution >= 0.6 is 0 Å². The second-order valence-corrected chi connectivity index (χ2v) is 11.3. The number of carboxylic acid groups (broad SMARTS) is 1. The van der Waals surface area contributed by atoms with Crippen molar-refractivity contribution < 1.29 is 29.0 Å². The molecule has 0 radical (unpaired) electrons. The van der Waals surface area contributed by atoms with Crippen LogP contribution in [0.4, 0.5) is 0 Å². The lowest BCUT2D eigenvalue weighted by atomic mass is 9.81. The monoisotopic (exact) mass is 564 g/mol. The Morgan fingerprint density at radius 3 is 1.39 bits per heavy atom. The van der Waals surface area contributed by atoms with Crippen molar-refractivity contribution in [2.45, 2.75) is 101 Å². The van der Waals surface area contributed by atoms with Gasteiger partial charge in [-0.15, -0.1) is 0 Å². The molecule has 0 aromatic heterocycles. The number of ether oxygens (including phenoxy) is 1. The van der Waals surface area contributed by atoms with Crippen LogP contribution in [0, 0.1) is 0 Å². The first-order chi connectivity index (χ1) is 19.6. The van der Waals surface area contributed by atoms with Crippen LogP contribution in [0.5, 0.6) is 0 Å². The molecule has 2 atom stereocenters. The van der Waals surface area contributed by atoms with Gasteiger partial charge in [0, 0.05) is 0 Å². The zero-order chi connectivity index (χ0) is 29.9. The molecular formula is C33H44N2O6. The van der Waals surface area contributed by atoms with Crippen molar-refractivity contribution >= 4 is 23.8 Å². The highest BCUT2D eigenvalue weighted by molar-refractivity contribution is 5.91. The first-order valence-electron chi connectivity index (χ1n) is 14.7. The second kappa shape index (κ2) is 14.8. The molecule has 0 bridgehead atoms. The largest absolute Gasteiger partial charge is 0.480 e. The van der Waals surface area contributed by atoms with Crippen molar-refractivity contribution in [3.8, 4) is 0 Å². The van der Waals surface area contributed by atoms with Crippen LogP contribution in [0.25, 0.3) is 0 Å². The van der Waals surface area contributed by atoms with Crippen molar-refractivity contribution in [2.24, 2.45) is 0 Å². The first kappa shape index (κ1) is 31.8. The van der Waals surface area contributed by atoms with Gasteiger partial charge in [-0.3, -0.25) is 9.59 Å². The molecule has 4 rings (SSSR count). The van der Waals surface area contributed by atoms with Crippen LogP contribution in [-0.4, -0.2) is 47.0 Å². The van der Waals surface area contributed by atoms with E-state index in [-0.39, 0.29) is 29.6 Å². The summed E-state index contributed by atoms with van der Waals surface area (Å²) in [6.45, 7) is 3.67. The Balaban J connectivity index is 0.000000226. The molecule has 41 heavy (non-hydrogen) atoms. The average molecular weight is 565 g/mol. The fourth-order valence-corrected chi connectivity index (χ4v) is 5.75. The Hall–Kier alpha value is -3.68. The molecule has 0 saturated heterocycles. The molecule has 0 heterocycles. The van der Waals surface area contributed by atoms with E-state index in [1.165, 1.54) is 7.11 Å². The Morgan fingerprint density at radius 1 is 0.659 bits per heavy atom. The summed E-state index contributed by atoms with van der Waals surface area (Å²) in [5.74, 6) is -2.18. The molecule has 8 heteroatoms. The molecule has 2 aromatic rings. The SMILES string of the molecule is COC(=O)C1(NC(=O)[C@H](C)c2ccccc2)CCCCC1.C[C@@H](C(=O)NC1(C(=O)O)CCCCC1)c1ccccc1. The maximum atomic E-state index is 12.5. The number of aliphatic carboxylic acids is 1. The van der Waals surface area contributed by atoms with Crippen molar-refractivity contribution in [2.75, 3.05) is 7.11 Å². The lowest BCUT2D eigenvalue weighted by molar-refractivity contribution is -0.152. The molecule has 0 spiro atoms. The summed E-state index contributed by atoms with van der Waals surface area (Å²) in [7, 11) is 1.38. The fraction of sp³-hybridized carbons (Fsp3) is 0.515. The summed E-state index contributed by atoms with van der Waals surface area (Å²) < 4.78 is 4.93. The van der Waals surface area contributed by atoms with E-state index in [0.29, 0.717) is 25.7 Å². The molecule has 2 aromatic carbocycles. The van der Waals surface area contributed by atoms with Gasteiger partial charge in [0.25, 0.3) is 0 Å². The number of carboxylic acids is 1. The molecule has 2 saturated carbocycles. The number of esters is 1. The Morgan fingerprint density at radius 2 is 1.02 bits per heavy atom. The van der Waals surface area contributed by atoms with Gasteiger partial charge in [0.2, 0.25) is 11.8 Å². The minimum Gasteiger partial charge on any atom is -0.480 e. The number of carbonyl (C=O) groups excluding carboxylic acids is 3. The highest BCUT2D eigenvalue weighted by Crippen LogP contribution is 2.31. The molecule has 2 fully saturated rings. The number of carbonyl (C=O) groups is 4. The van der Waals surface area contributed by atoms with Crippen molar-refractivity contribution in [3.63, 3.8) is 0 Å². The predicted molar refractivity (Wildman–Crippen MR) is 157 cm³/mol. The molecule has 0 unspecified atom stereocenters. The van der Waals surface area contributed by atoms with Crippen LogP contribution in [0.2, 0.25) is 0 Å². The van der Waals surface area contributed by atoms with Gasteiger partial charge in [0.15, 0.2) is 0 Å². The summed E-state index contributed by atoms with van der Waals surface area (Å²) in [6.07, 6.45) is 8.09. The van der Waals surface area contributed by atoms with E-state index < -0.39 is 17.0 Å². The summed E-state index contributed by atoms with van der Waals surface area (Å²) in [5.41, 5.74) is -0.0573. The number of hydrogen-bond acceptors (Lipinski definition) is 5. The van der Waals surface area contributed by atoms with Crippen LogP contribution in [0.15, 0.2) is 60.7 Å². The van der Waals surface area contributed by atoms with Gasteiger partial charge in [-0.1, -0.05) is 99.2 Å². The van der Waals surface area contributed by atoms with Crippen LogP contribution in [0.3, 0.4) is 0 Å². The lowest BCUT2D eigenvalue weighted by Crippen LogP contribution is -2.56. The van der Waals surface area contributed by atoms with E-state index in [9.17, 15) is 24.3 Å². The van der Waals surface area contributed by atoms with Gasteiger partial charge in [-0.2, -0.15) is 0 Å². The highest BCUT2D eigenvalue weighted by Gasteiger charge is 2.43. The summed E-state index contributed by atoms with van der Waals surface area (Å²) >= 11 is 0. The fourth-order valence-electron chi connectivity index (χ4n) is 5.75. The number of hydrogen-bond donors (Lipinski definition) is 3. The van der Waals surface area contributed by atoms with Gasteiger partial charge in [0.05, 0.1) is 18.9 Å². The van der Waals surface area contributed by atoms with Gasteiger partial charge < -0.3 is 20.5 Å². The number of benzene rings is 2. The first-order valence-corrected chi connectivity index (χ1v) is 14.7. The summed E-state index contributed by atoms with van der Waals surface area (Å²) in [5, 5.41) is 15.2. The Kier molecular flexibility index (Phi) is 11.5. The van der Waals surface area contributed by atoms with Gasteiger partial charge in [-0.25, -0.2) is 9.59 Å². The predicted octanol–water partition coefficient (Wildman–Crippen LogP) is 5.48. The second-order valence-electron chi connectivity index (χ2n) is 11.3. The van der Waals surface area contributed by atoms with Crippen molar-refractivity contribution in [1.82, 2.24) is 10.6 Å². The van der Waals surface area contributed by atoms with E-state index >= 15 is 0 Å². The standard InChI is InChI=1S/C17H23NO3.C16H21NO3/c1-13(14-9-5-3-6-10-14)15(19)18-17(16(20)21-2)11-7-4-8-12-17;1-12(13-8-4-2-5-9-13)14(18)17-16(15(19)20)10-6-3-7-11-16/h3,5-6,9-10,13H,4,7-8,11-12H2,1-2H3,(H,18,19);2,4-5,8-9,12H,3,6-7,10-11H2,1H3,(H,17,18)(H,19,20)/t13-;12-/m11/s1. The van der Waals surface area contributed by atoms with Gasteiger partial charge >= 0.3 is 11.9 Å². The third-order valence-corrected chi connectivity index (χ3v) is 8.51. The van der Waals surface area contributed by atoms with Gasteiger partial charge in [0.1, 0.15) is 11.1 Å². The molecule has 2 aliphatic rings. The molecule has 0 aliphatic heterocycles. The van der Waals surface area contributed by atoms with Crippen LogP contribution in [0.1, 0.15) is 101 Å². The number of nitrogens with one attached hydrogen (secondary N) is 2. The number of methoxy groups -OCH3 is 1. The normalized spacial score (nSPS) is 18.8. The number of rotatable bonds is 8. The zero-order valence-corrected chi connectivity index (χ0v) is 24.5. The van der Waals surface area contributed by atoms with E-state index in [4.69, 9.17) is 4.74 Å². The Bertz CT molecular complexity index is 1150. The van der Waals surface area contributed by atoms with E-state index in [2.05, 4.69) is 10.6 Å². The van der Waals surface area contributed by atoms with E-state index in [1.54, 1.807) is 0 Å². The average Bonchev–Trinajstić information content (AvgIpc) is 3.01. The van der Waals surface area contributed by atoms with E-state index in [0.717, 1.165) is 49.7 Å². The Labute approximate surface area is 243 Å².